The lowest BCUT2D eigenvalue weighted by Gasteiger charge is -2.32. The fourth-order valence-electron chi connectivity index (χ4n) is 3.76. The van der Waals surface area contributed by atoms with E-state index < -0.39 is 0 Å². The molecule has 0 aliphatic carbocycles. The highest BCUT2D eigenvalue weighted by molar-refractivity contribution is 8.14. The van der Waals surface area contributed by atoms with Crippen LogP contribution in [0.5, 0.6) is 5.75 Å². The molecule has 4 rings (SSSR count). The van der Waals surface area contributed by atoms with Gasteiger partial charge in [-0.15, -0.1) is 0 Å². The van der Waals surface area contributed by atoms with Crippen LogP contribution in [-0.4, -0.2) is 33.0 Å². The number of fused-ring (bicyclic) bond motifs is 1. The number of hydrogen-bond acceptors (Lipinski definition) is 5. The Balaban J connectivity index is 1.74. The van der Waals surface area contributed by atoms with Gasteiger partial charge in [-0.25, -0.2) is 0 Å². The second kappa shape index (κ2) is 7.72. The van der Waals surface area contributed by atoms with Gasteiger partial charge < -0.3 is 9.64 Å². The zero-order valence-corrected chi connectivity index (χ0v) is 17.4. The summed E-state index contributed by atoms with van der Waals surface area (Å²) in [5, 5.41) is 1.77. The molecule has 3 heterocycles. The first-order valence-electron chi connectivity index (χ1n) is 9.44. The molecular weight excluding hydrogens is 378 g/mol. The maximum absolute atomic E-state index is 6.56. The van der Waals surface area contributed by atoms with Gasteiger partial charge in [-0.2, -0.15) is 0 Å². The summed E-state index contributed by atoms with van der Waals surface area (Å²) in [7, 11) is 0. The van der Waals surface area contributed by atoms with E-state index in [0.29, 0.717) is 11.1 Å². The number of halogens is 1. The van der Waals surface area contributed by atoms with Crippen LogP contribution in [0.25, 0.3) is 0 Å². The van der Waals surface area contributed by atoms with E-state index in [9.17, 15) is 0 Å². The summed E-state index contributed by atoms with van der Waals surface area (Å²) < 4.78 is 5.81. The summed E-state index contributed by atoms with van der Waals surface area (Å²) in [6.07, 6.45) is 3.03. The van der Waals surface area contributed by atoms with Crippen molar-refractivity contribution >= 4 is 28.5 Å². The van der Waals surface area contributed by atoms with Gasteiger partial charge in [-0.3, -0.25) is 9.98 Å². The van der Waals surface area contributed by atoms with Crippen molar-refractivity contribution in [2.75, 3.05) is 5.75 Å². The average Bonchev–Trinajstić information content (AvgIpc) is 3.22. The smallest absolute Gasteiger partial charge is 0.160 e. The Hall–Kier alpha value is -1.72. The number of benzene rings is 1. The molecule has 1 saturated heterocycles. The number of hydrogen-bond donors (Lipinski definition) is 0. The van der Waals surface area contributed by atoms with E-state index in [1.165, 1.54) is 0 Å². The molecule has 2 aliphatic rings. The molecule has 142 valence electrons. The molecule has 0 spiro atoms. The fraction of sp³-hybridized carbons (Fsp3) is 0.429. The topological polar surface area (TPSA) is 37.7 Å². The molecule has 4 nitrogen and oxygen atoms in total. The van der Waals surface area contributed by atoms with Gasteiger partial charge in [0.1, 0.15) is 11.8 Å². The summed E-state index contributed by atoms with van der Waals surface area (Å²) in [5.41, 5.74) is 2.16. The van der Waals surface area contributed by atoms with Crippen molar-refractivity contribution in [3.63, 3.8) is 0 Å². The van der Waals surface area contributed by atoms with E-state index in [2.05, 4.69) is 28.9 Å². The second-order valence-corrected chi connectivity index (χ2v) is 8.59. The monoisotopic (exact) mass is 401 g/mol. The third-order valence-electron chi connectivity index (χ3n) is 4.99. The van der Waals surface area contributed by atoms with Crippen LogP contribution in [0.3, 0.4) is 0 Å². The molecule has 0 bridgehead atoms. The van der Waals surface area contributed by atoms with Gasteiger partial charge in [-0.05, 0) is 50.1 Å². The van der Waals surface area contributed by atoms with E-state index in [4.69, 9.17) is 21.3 Å². The van der Waals surface area contributed by atoms with Crippen LogP contribution >= 0.6 is 23.4 Å². The lowest BCUT2D eigenvalue weighted by atomic mass is 9.95. The molecule has 0 N–H and O–H groups in total. The van der Waals surface area contributed by atoms with E-state index >= 15 is 0 Å². The first kappa shape index (κ1) is 18.6. The number of thioether (sulfide) groups is 1. The fourth-order valence-corrected chi connectivity index (χ4v) is 5.33. The SMILES string of the molecule is CC[C@H]1CSC2=N[C@H](c3ccccn3)[C@@H](c3ccc(OC(C)C)c(Cl)c3)N21. The molecule has 3 atom stereocenters. The molecule has 0 radical (unpaired) electrons. The molecule has 1 aromatic heterocycles. The molecule has 27 heavy (non-hydrogen) atoms. The predicted molar refractivity (Wildman–Crippen MR) is 113 cm³/mol. The Morgan fingerprint density at radius 1 is 1.30 bits per heavy atom. The first-order chi connectivity index (χ1) is 13.1. The first-order valence-corrected chi connectivity index (χ1v) is 10.8. The van der Waals surface area contributed by atoms with Crippen LogP contribution in [0.2, 0.25) is 5.02 Å². The summed E-state index contributed by atoms with van der Waals surface area (Å²) >= 11 is 8.41. The molecule has 1 fully saturated rings. The number of amidine groups is 1. The van der Waals surface area contributed by atoms with E-state index in [0.717, 1.165) is 34.3 Å². The molecule has 0 unspecified atom stereocenters. The Morgan fingerprint density at radius 3 is 2.81 bits per heavy atom. The van der Waals surface area contributed by atoms with Crippen molar-refractivity contribution in [1.29, 1.82) is 0 Å². The summed E-state index contributed by atoms with van der Waals surface area (Å²) in [6, 6.07) is 12.8. The third-order valence-corrected chi connectivity index (χ3v) is 6.41. The highest BCUT2D eigenvalue weighted by Crippen LogP contribution is 2.49. The zero-order valence-electron chi connectivity index (χ0n) is 15.8. The van der Waals surface area contributed by atoms with Gasteiger partial charge in [0.05, 0.1) is 22.9 Å². The number of aliphatic imine (C=N–C) groups is 1. The number of nitrogens with zero attached hydrogens (tertiary/aromatic N) is 3. The number of ether oxygens (including phenoxy) is 1. The van der Waals surface area contributed by atoms with Crippen LogP contribution in [0.4, 0.5) is 0 Å². The molecule has 1 aromatic carbocycles. The number of rotatable bonds is 5. The van der Waals surface area contributed by atoms with E-state index in [-0.39, 0.29) is 18.2 Å². The molecule has 6 heteroatoms. The van der Waals surface area contributed by atoms with Crippen molar-refractivity contribution < 1.29 is 4.74 Å². The largest absolute Gasteiger partial charge is 0.489 e. The van der Waals surface area contributed by atoms with Crippen LogP contribution in [0, 0.1) is 0 Å². The minimum absolute atomic E-state index is 0.0176. The maximum Gasteiger partial charge on any atom is 0.160 e. The van der Waals surface area contributed by atoms with Crippen LogP contribution in [-0.2, 0) is 0 Å². The quantitative estimate of drug-likeness (QED) is 0.662. The van der Waals surface area contributed by atoms with Crippen LogP contribution < -0.4 is 4.74 Å². The Labute approximate surface area is 170 Å². The summed E-state index contributed by atoms with van der Waals surface area (Å²) in [5.74, 6) is 1.81. The molecule has 2 aromatic rings. The van der Waals surface area contributed by atoms with Crippen LogP contribution in [0.1, 0.15) is 50.5 Å². The molecule has 2 aliphatic heterocycles. The van der Waals surface area contributed by atoms with E-state index in [1.807, 2.05) is 56.1 Å². The Morgan fingerprint density at radius 2 is 2.15 bits per heavy atom. The standard InChI is InChI=1S/C21H24ClN3OS/c1-4-15-12-27-21-24-19(17-7-5-6-10-23-17)20(25(15)21)14-8-9-18(16(22)11-14)26-13(2)3/h5-11,13,15,19-20H,4,12H2,1-3H3/t15-,19+,20+/m0/s1. The number of aromatic nitrogens is 1. The van der Waals surface area contributed by atoms with Gasteiger partial charge in [0.15, 0.2) is 5.17 Å². The van der Waals surface area contributed by atoms with Crippen molar-refractivity contribution in [2.45, 2.75) is 51.4 Å². The van der Waals surface area contributed by atoms with Crippen LogP contribution in [0.15, 0.2) is 47.6 Å². The highest BCUT2D eigenvalue weighted by Gasteiger charge is 2.45. The van der Waals surface area contributed by atoms with E-state index in [1.54, 1.807) is 0 Å². The Bertz CT molecular complexity index is 843. The minimum Gasteiger partial charge on any atom is -0.489 e. The van der Waals surface area contributed by atoms with Gasteiger partial charge in [0.25, 0.3) is 0 Å². The number of pyridine rings is 1. The summed E-state index contributed by atoms with van der Waals surface area (Å²) in [4.78, 5) is 12.1. The van der Waals surface area contributed by atoms with Crippen molar-refractivity contribution in [1.82, 2.24) is 9.88 Å². The lowest BCUT2D eigenvalue weighted by Crippen LogP contribution is -2.35. The molecular formula is C21H24ClN3OS. The predicted octanol–water partition coefficient (Wildman–Crippen LogP) is 5.50. The van der Waals surface area contributed by atoms with Crippen molar-refractivity contribution in [3.05, 3.63) is 58.9 Å². The van der Waals surface area contributed by atoms with Gasteiger partial charge >= 0.3 is 0 Å². The second-order valence-electron chi connectivity index (χ2n) is 7.19. The van der Waals surface area contributed by atoms with Crippen molar-refractivity contribution in [3.8, 4) is 5.75 Å². The third kappa shape index (κ3) is 3.55. The summed E-state index contributed by atoms with van der Waals surface area (Å²) in [6.45, 7) is 6.25. The van der Waals surface area contributed by atoms with Crippen molar-refractivity contribution in [2.24, 2.45) is 4.99 Å². The zero-order chi connectivity index (χ0) is 19.0. The molecule has 0 saturated carbocycles. The minimum atomic E-state index is -0.0176. The lowest BCUT2D eigenvalue weighted by molar-refractivity contribution is 0.241. The van der Waals surface area contributed by atoms with Gasteiger partial charge in [-0.1, -0.05) is 42.4 Å². The maximum atomic E-state index is 6.56. The van der Waals surface area contributed by atoms with Gasteiger partial charge in [0, 0.05) is 18.0 Å². The molecule has 0 amide bonds. The normalized spacial score (nSPS) is 24.3. The van der Waals surface area contributed by atoms with Gasteiger partial charge in [0.2, 0.25) is 0 Å². The Kier molecular flexibility index (Phi) is 5.33. The average molecular weight is 402 g/mol. The highest BCUT2D eigenvalue weighted by atomic mass is 35.5.